The Morgan fingerprint density at radius 2 is 1.34 bits per heavy atom. The Hall–Kier alpha value is -3.22. The predicted octanol–water partition coefficient (Wildman–Crippen LogP) is 5.32. The largest absolute Gasteiger partial charge is 0.475 e. The molecular formula is C30H37F2N3O6. The Labute approximate surface area is 238 Å². The SMILES string of the molecule is CCCCOCCOCCOCCOCCOCCOc1ccc(-c2cc3[nH]c4ccncc4c3c(F)c2F)cn1. The first-order valence-electron chi connectivity index (χ1n) is 13.9. The highest BCUT2D eigenvalue weighted by Crippen LogP contribution is 2.34. The standard InChI is InChI=1S/C30H37F2N3O6/c1-2-3-8-36-9-10-37-11-12-38-13-14-39-15-16-40-17-18-41-27-5-4-22(20-34-27)23-19-26-28(30(32)29(23)31)24-21-33-7-6-25(24)35-26/h4-7,19-21,35H,2-3,8-18H2,1H3. The summed E-state index contributed by atoms with van der Waals surface area (Å²) in [5.74, 6) is -1.50. The minimum atomic E-state index is -0.937. The van der Waals surface area contributed by atoms with Gasteiger partial charge in [0.2, 0.25) is 5.88 Å². The van der Waals surface area contributed by atoms with Gasteiger partial charge in [-0.3, -0.25) is 4.98 Å². The lowest BCUT2D eigenvalue weighted by molar-refractivity contribution is -0.0128. The van der Waals surface area contributed by atoms with Crippen LogP contribution in [0.3, 0.4) is 0 Å². The lowest BCUT2D eigenvalue weighted by atomic mass is 10.0. The molecule has 0 fully saturated rings. The second-order valence-electron chi connectivity index (χ2n) is 9.17. The molecule has 41 heavy (non-hydrogen) atoms. The summed E-state index contributed by atoms with van der Waals surface area (Å²) < 4.78 is 62.7. The van der Waals surface area contributed by atoms with Crippen molar-refractivity contribution in [2.24, 2.45) is 0 Å². The fourth-order valence-electron chi connectivity index (χ4n) is 4.10. The van der Waals surface area contributed by atoms with Crippen LogP contribution in [0.25, 0.3) is 32.9 Å². The van der Waals surface area contributed by atoms with Gasteiger partial charge in [-0.15, -0.1) is 0 Å². The van der Waals surface area contributed by atoms with Crippen LogP contribution in [-0.4, -0.2) is 87.6 Å². The molecule has 0 saturated carbocycles. The summed E-state index contributed by atoms with van der Waals surface area (Å²) >= 11 is 0. The van der Waals surface area contributed by atoms with Gasteiger partial charge in [-0.25, -0.2) is 13.8 Å². The number of benzene rings is 1. The van der Waals surface area contributed by atoms with E-state index in [9.17, 15) is 8.78 Å². The fraction of sp³-hybridized carbons (Fsp3) is 0.467. The van der Waals surface area contributed by atoms with Crippen LogP contribution >= 0.6 is 0 Å². The minimum Gasteiger partial charge on any atom is -0.475 e. The topological polar surface area (TPSA) is 97.0 Å². The van der Waals surface area contributed by atoms with Crippen molar-refractivity contribution >= 4 is 21.8 Å². The summed E-state index contributed by atoms with van der Waals surface area (Å²) in [7, 11) is 0. The number of unbranched alkanes of at least 4 members (excludes halogenated alkanes) is 1. The summed E-state index contributed by atoms with van der Waals surface area (Å²) in [6.45, 7) is 7.64. The van der Waals surface area contributed by atoms with Crippen LogP contribution in [0.1, 0.15) is 19.8 Å². The van der Waals surface area contributed by atoms with Gasteiger partial charge in [0.1, 0.15) is 6.61 Å². The number of hydrogen-bond acceptors (Lipinski definition) is 8. The lowest BCUT2D eigenvalue weighted by Gasteiger charge is -2.09. The molecule has 0 spiro atoms. The first-order valence-corrected chi connectivity index (χ1v) is 13.9. The van der Waals surface area contributed by atoms with Gasteiger partial charge in [0.05, 0.1) is 65.0 Å². The molecule has 0 aliphatic heterocycles. The van der Waals surface area contributed by atoms with Gasteiger partial charge in [-0.05, 0) is 24.6 Å². The van der Waals surface area contributed by atoms with Crippen LogP contribution in [0, 0.1) is 11.6 Å². The second kappa shape index (κ2) is 16.9. The zero-order valence-corrected chi connectivity index (χ0v) is 23.3. The van der Waals surface area contributed by atoms with Crippen LogP contribution < -0.4 is 4.74 Å². The van der Waals surface area contributed by atoms with E-state index in [4.69, 9.17) is 28.4 Å². The van der Waals surface area contributed by atoms with Gasteiger partial charge in [0, 0.05) is 58.7 Å². The van der Waals surface area contributed by atoms with Crippen molar-refractivity contribution in [2.75, 3.05) is 72.7 Å². The molecule has 1 N–H and O–H groups in total. The Balaban J connectivity index is 1.06. The van der Waals surface area contributed by atoms with Crippen molar-refractivity contribution in [1.82, 2.24) is 15.0 Å². The zero-order valence-electron chi connectivity index (χ0n) is 23.3. The molecule has 0 atom stereocenters. The number of aromatic nitrogens is 3. The number of nitrogens with zero attached hydrogens (tertiary/aromatic N) is 2. The maximum atomic E-state index is 14.9. The monoisotopic (exact) mass is 573 g/mol. The Morgan fingerprint density at radius 3 is 1.95 bits per heavy atom. The molecule has 0 amide bonds. The fourth-order valence-corrected chi connectivity index (χ4v) is 4.10. The zero-order chi connectivity index (χ0) is 28.7. The third-order valence-corrected chi connectivity index (χ3v) is 6.22. The number of rotatable bonds is 20. The molecule has 0 aliphatic carbocycles. The quantitative estimate of drug-likeness (QED) is 0.142. The third-order valence-electron chi connectivity index (χ3n) is 6.22. The van der Waals surface area contributed by atoms with Crippen molar-refractivity contribution < 1.29 is 37.2 Å². The minimum absolute atomic E-state index is 0.110. The molecule has 3 heterocycles. The van der Waals surface area contributed by atoms with E-state index < -0.39 is 11.6 Å². The molecule has 11 heteroatoms. The normalized spacial score (nSPS) is 11.6. The molecule has 0 radical (unpaired) electrons. The van der Waals surface area contributed by atoms with Crippen molar-refractivity contribution in [2.45, 2.75) is 19.8 Å². The lowest BCUT2D eigenvalue weighted by Crippen LogP contribution is -2.14. The molecule has 4 rings (SSSR count). The Morgan fingerprint density at radius 1 is 0.707 bits per heavy atom. The van der Waals surface area contributed by atoms with E-state index in [0.717, 1.165) is 19.4 Å². The summed E-state index contributed by atoms with van der Waals surface area (Å²) in [4.78, 5) is 11.3. The van der Waals surface area contributed by atoms with Crippen LogP contribution in [-0.2, 0) is 23.7 Å². The molecule has 4 aromatic rings. The number of ether oxygens (including phenoxy) is 6. The van der Waals surface area contributed by atoms with Crippen molar-refractivity contribution in [1.29, 1.82) is 0 Å². The van der Waals surface area contributed by atoms with Crippen LogP contribution in [0.5, 0.6) is 5.88 Å². The van der Waals surface area contributed by atoms with Crippen molar-refractivity contribution in [3.63, 3.8) is 0 Å². The number of hydrogen-bond donors (Lipinski definition) is 1. The van der Waals surface area contributed by atoms with Gasteiger partial charge in [-0.2, -0.15) is 0 Å². The maximum absolute atomic E-state index is 14.9. The summed E-state index contributed by atoms with van der Waals surface area (Å²) in [6.07, 6.45) is 6.77. The van der Waals surface area contributed by atoms with E-state index in [1.807, 2.05) is 0 Å². The molecular weight excluding hydrogens is 536 g/mol. The van der Waals surface area contributed by atoms with E-state index >= 15 is 0 Å². The van der Waals surface area contributed by atoms with E-state index in [1.54, 1.807) is 30.5 Å². The molecule has 0 aliphatic rings. The van der Waals surface area contributed by atoms with E-state index in [0.29, 0.717) is 87.3 Å². The van der Waals surface area contributed by atoms with Crippen LogP contribution in [0.4, 0.5) is 8.78 Å². The van der Waals surface area contributed by atoms with Gasteiger partial charge < -0.3 is 33.4 Å². The Kier molecular flexibility index (Phi) is 12.7. The van der Waals surface area contributed by atoms with Gasteiger partial charge >= 0.3 is 0 Å². The van der Waals surface area contributed by atoms with Gasteiger partial charge in [-0.1, -0.05) is 13.3 Å². The van der Waals surface area contributed by atoms with Crippen molar-refractivity contribution in [3.8, 4) is 17.0 Å². The predicted molar refractivity (Wildman–Crippen MR) is 151 cm³/mol. The molecule has 0 unspecified atom stereocenters. The molecule has 3 aromatic heterocycles. The number of H-pyrrole nitrogens is 1. The maximum Gasteiger partial charge on any atom is 0.213 e. The third kappa shape index (κ3) is 9.14. The first kappa shape index (κ1) is 30.7. The van der Waals surface area contributed by atoms with E-state index in [-0.39, 0.29) is 17.6 Å². The first-order chi connectivity index (χ1) is 20.2. The average Bonchev–Trinajstić information content (AvgIpc) is 3.37. The summed E-state index contributed by atoms with van der Waals surface area (Å²) in [6, 6.07) is 6.55. The highest BCUT2D eigenvalue weighted by Gasteiger charge is 2.19. The number of fused-ring (bicyclic) bond motifs is 3. The van der Waals surface area contributed by atoms with Crippen LogP contribution in [0.15, 0.2) is 42.9 Å². The Bertz CT molecular complexity index is 1340. The van der Waals surface area contributed by atoms with Gasteiger partial charge in [0.25, 0.3) is 0 Å². The second-order valence-corrected chi connectivity index (χ2v) is 9.17. The highest BCUT2D eigenvalue weighted by atomic mass is 19.2. The van der Waals surface area contributed by atoms with E-state index in [2.05, 4.69) is 21.9 Å². The molecule has 1 aromatic carbocycles. The number of aromatic amines is 1. The molecule has 0 bridgehead atoms. The number of pyridine rings is 2. The summed E-state index contributed by atoms with van der Waals surface area (Å²) in [5.41, 5.74) is 1.72. The van der Waals surface area contributed by atoms with Crippen LogP contribution in [0.2, 0.25) is 0 Å². The smallest absolute Gasteiger partial charge is 0.213 e. The van der Waals surface area contributed by atoms with E-state index in [1.165, 1.54) is 12.4 Å². The molecule has 0 saturated heterocycles. The summed E-state index contributed by atoms with van der Waals surface area (Å²) in [5, 5.41) is 0.716. The molecule has 9 nitrogen and oxygen atoms in total. The number of halogens is 2. The molecule has 222 valence electrons. The van der Waals surface area contributed by atoms with Gasteiger partial charge in [0.15, 0.2) is 11.6 Å². The van der Waals surface area contributed by atoms with Crippen molar-refractivity contribution in [3.05, 3.63) is 54.5 Å². The highest BCUT2D eigenvalue weighted by molar-refractivity contribution is 6.08. The number of nitrogens with one attached hydrogen (secondary N) is 1. The average molecular weight is 574 g/mol.